The van der Waals surface area contributed by atoms with E-state index in [0.29, 0.717) is 39.6 Å². The molecule has 3 aromatic rings. The quantitative estimate of drug-likeness (QED) is 0.342. The first-order valence-corrected chi connectivity index (χ1v) is 10.7. The van der Waals surface area contributed by atoms with Crippen molar-refractivity contribution in [1.29, 1.82) is 0 Å². The van der Waals surface area contributed by atoms with Crippen molar-refractivity contribution in [2.45, 2.75) is 20.8 Å². The average Bonchev–Trinajstić information content (AvgIpc) is 2.77. The molecule has 0 aliphatic heterocycles. The monoisotopic (exact) mass is 446 g/mol. The third-order valence-corrected chi connectivity index (χ3v) is 4.57. The van der Waals surface area contributed by atoms with Gasteiger partial charge in [-0.05, 0) is 38.5 Å². The maximum atomic E-state index is 8.09. The number of fused-ring (bicyclic) bond motifs is 3. The molecule has 0 radical (unpaired) electrons. The molecular formula is C24H34N2O6. The summed E-state index contributed by atoms with van der Waals surface area (Å²) < 4.78 is 21.0. The Kier molecular flexibility index (Phi) is 11.3. The second-order valence-electron chi connectivity index (χ2n) is 7.21. The first-order chi connectivity index (χ1) is 15.5. The lowest BCUT2D eigenvalue weighted by atomic mass is 10.0. The third-order valence-electron chi connectivity index (χ3n) is 4.57. The number of aryl methyl sites for hydroxylation is 3. The highest BCUT2D eigenvalue weighted by Crippen LogP contribution is 2.31. The van der Waals surface area contributed by atoms with Crippen molar-refractivity contribution >= 4 is 21.8 Å². The molecule has 0 bridgehead atoms. The fraction of sp³-hybridized carbons (Fsp3) is 0.500. The molecule has 8 nitrogen and oxygen atoms in total. The van der Waals surface area contributed by atoms with E-state index in [0.717, 1.165) is 38.9 Å². The maximum absolute atomic E-state index is 8.09. The van der Waals surface area contributed by atoms with Crippen LogP contribution in [0, 0.1) is 20.8 Å². The van der Waals surface area contributed by atoms with Crippen molar-refractivity contribution in [2.24, 2.45) is 0 Å². The molecule has 0 aliphatic carbocycles. The van der Waals surface area contributed by atoms with E-state index in [1.807, 2.05) is 19.9 Å². The number of hydrogen-bond acceptors (Lipinski definition) is 8. The van der Waals surface area contributed by atoms with E-state index in [1.54, 1.807) is 7.11 Å². The maximum Gasteiger partial charge on any atom is 0.130 e. The summed E-state index contributed by atoms with van der Waals surface area (Å²) >= 11 is 0. The molecule has 2 heterocycles. The number of methoxy groups -OCH3 is 1. The minimum absolute atomic E-state index is 0.0278. The number of benzene rings is 1. The second-order valence-corrected chi connectivity index (χ2v) is 7.21. The zero-order valence-electron chi connectivity index (χ0n) is 19.4. The van der Waals surface area contributed by atoms with Gasteiger partial charge in [-0.3, -0.25) is 9.97 Å². The molecule has 0 amide bonds. The summed E-state index contributed by atoms with van der Waals surface area (Å²) in [5.74, 6) is 0.820. The number of aliphatic hydroxyl groups excluding tert-OH is 2. The number of ether oxygens (including phenoxy) is 4. The van der Waals surface area contributed by atoms with Crippen LogP contribution < -0.4 is 4.74 Å². The molecule has 0 saturated carbocycles. The van der Waals surface area contributed by atoms with Gasteiger partial charge >= 0.3 is 0 Å². The smallest absolute Gasteiger partial charge is 0.130 e. The van der Waals surface area contributed by atoms with Gasteiger partial charge in [0, 0.05) is 35.3 Å². The number of rotatable bonds is 11. The van der Waals surface area contributed by atoms with Gasteiger partial charge in [0.1, 0.15) is 17.9 Å². The topological polar surface area (TPSA) is 103 Å². The van der Waals surface area contributed by atoms with Crippen molar-refractivity contribution in [3.8, 4) is 5.75 Å². The molecule has 2 aromatic heterocycles. The fourth-order valence-corrected chi connectivity index (χ4v) is 3.20. The second kappa shape index (κ2) is 13.9. The van der Waals surface area contributed by atoms with Crippen LogP contribution in [0.15, 0.2) is 24.3 Å². The van der Waals surface area contributed by atoms with Crippen LogP contribution in [0.4, 0.5) is 0 Å². The summed E-state index contributed by atoms with van der Waals surface area (Å²) in [7, 11) is 1.66. The van der Waals surface area contributed by atoms with Crippen LogP contribution in [0.2, 0.25) is 0 Å². The molecule has 3 rings (SSSR count). The summed E-state index contributed by atoms with van der Waals surface area (Å²) in [5, 5.41) is 18.3. The van der Waals surface area contributed by atoms with Crippen LogP contribution >= 0.6 is 0 Å². The zero-order chi connectivity index (χ0) is 23.3. The lowest BCUT2D eigenvalue weighted by Gasteiger charge is -2.13. The SMILES string of the molecule is COCCOCCOc1cc(C)nc2c1ccc1c(C)cc(C)nc12.OCCOCCO. The predicted octanol–water partition coefficient (Wildman–Crippen LogP) is 2.74. The highest BCUT2D eigenvalue weighted by molar-refractivity contribution is 6.06. The van der Waals surface area contributed by atoms with Crippen molar-refractivity contribution in [1.82, 2.24) is 9.97 Å². The van der Waals surface area contributed by atoms with Gasteiger partial charge in [-0.15, -0.1) is 0 Å². The summed E-state index contributed by atoms with van der Waals surface area (Å²) in [6.07, 6.45) is 0. The van der Waals surface area contributed by atoms with E-state index in [1.165, 1.54) is 5.56 Å². The van der Waals surface area contributed by atoms with Crippen molar-refractivity contribution in [3.63, 3.8) is 0 Å². The van der Waals surface area contributed by atoms with Gasteiger partial charge in [-0.2, -0.15) is 0 Å². The van der Waals surface area contributed by atoms with Crippen LogP contribution in [0.3, 0.4) is 0 Å². The predicted molar refractivity (Wildman–Crippen MR) is 124 cm³/mol. The van der Waals surface area contributed by atoms with Crippen LogP contribution in [0.5, 0.6) is 5.75 Å². The van der Waals surface area contributed by atoms with Crippen LogP contribution in [0.25, 0.3) is 21.8 Å². The molecule has 0 atom stereocenters. The van der Waals surface area contributed by atoms with Crippen molar-refractivity contribution in [2.75, 3.05) is 60.0 Å². The van der Waals surface area contributed by atoms with E-state index in [4.69, 9.17) is 34.4 Å². The van der Waals surface area contributed by atoms with Gasteiger partial charge in [0.25, 0.3) is 0 Å². The van der Waals surface area contributed by atoms with E-state index in [-0.39, 0.29) is 13.2 Å². The van der Waals surface area contributed by atoms with Gasteiger partial charge in [0.2, 0.25) is 0 Å². The molecule has 2 N–H and O–H groups in total. The Hall–Kier alpha value is -2.36. The number of pyridine rings is 2. The molecule has 1 aromatic carbocycles. The summed E-state index contributed by atoms with van der Waals surface area (Å²) in [6, 6.07) is 8.22. The molecular weight excluding hydrogens is 412 g/mol. The van der Waals surface area contributed by atoms with Crippen LogP contribution in [-0.4, -0.2) is 80.1 Å². The van der Waals surface area contributed by atoms with Gasteiger partial charge in [0.15, 0.2) is 0 Å². The Morgan fingerprint density at radius 2 is 1.28 bits per heavy atom. The Balaban J connectivity index is 0.000000451. The summed E-state index contributed by atoms with van der Waals surface area (Å²) in [6.45, 7) is 8.96. The van der Waals surface area contributed by atoms with E-state index < -0.39 is 0 Å². The number of aromatic nitrogens is 2. The largest absolute Gasteiger partial charge is 0.490 e. The zero-order valence-corrected chi connectivity index (χ0v) is 19.4. The lowest BCUT2D eigenvalue weighted by molar-refractivity contribution is 0.0546. The van der Waals surface area contributed by atoms with Gasteiger partial charge < -0.3 is 29.2 Å². The van der Waals surface area contributed by atoms with E-state index in [2.05, 4.69) is 29.9 Å². The number of aliphatic hydroxyl groups is 2. The van der Waals surface area contributed by atoms with Crippen LogP contribution in [0.1, 0.15) is 17.0 Å². The molecule has 176 valence electrons. The third kappa shape index (κ3) is 7.65. The fourth-order valence-electron chi connectivity index (χ4n) is 3.20. The Morgan fingerprint density at radius 3 is 1.94 bits per heavy atom. The Labute approximate surface area is 189 Å². The average molecular weight is 447 g/mol. The van der Waals surface area contributed by atoms with Crippen molar-refractivity contribution < 1.29 is 29.2 Å². The van der Waals surface area contributed by atoms with Gasteiger partial charge in [0.05, 0.1) is 51.8 Å². The summed E-state index contributed by atoms with van der Waals surface area (Å²) in [5.41, 5.74) is 4.94. The lowest BCUT2D eigenvalue weighted by Crippen LogP contribution is -2.10. The standard InChI is InChI=1S/C20H24N2O3.C4H10O3/c1-13-11-14(2)21-19-16(13)5-6-17-18(12-15(3)22-20(17)19)25-10-9-24-8-7-23-4;5-1-3-7-4-2-6/h5-6,11-12H,7-10H2,1-4H3;5-6H,1-4H2. The normalized spacial score (nSPS) is 10.9. The Bertz CT molecular complexity index is 976. The van der Waals surface area contributed by atoms with Crippen molar-refractivity contribution in [3.05, 3.63) is 41.2 Å². The van der Waals surface area contributed by atoms with Crippen LogP contribution in [-0.2, 0) is 14.2 Å². The molecule has 0 aliphatic rings. The molecule has 0 saturated heterocycles. The molecule has 0 spiro atoms. The number of nitrogens with zero attached hydrogens (tertiary/aromatic N) is 2. The van der Waals surface area contributed by atoms with E-state index in [9.17, 15) is 0 Å². The minimum atomic E-state index is 0.0278. The number of hydrogen-bond donors (Lipinski definition) is 2. The molecule has 32 heavy (non-hydrogen) atoms. The molecule has 0 unspecified atom stereocenters. The van der Waals surface area contributed by atoms with Gasteiger partial charge in [-0.1, -0.05) is 6.07 Å². The highest BCUT2D eigenvalue weighted by Gasteiger charge is 2.11. The van der Waals surface area contributed by atoms with Gasteiger partial charge in [-0.25, -0.2) is 0 Å². The minimum Gasteiger partial charge on any atom is -0.490 e. The first kappa shape index (κ1) is 25.9. The van der Waals surface area contributed by atoms with E-state index >= 15 is 0 Å². The molecule has 0 fully saturated rings. The summed E-state index contributed by atoms with van der Waals surface area (Å²) in [4.78, 5) is 9.45. The molecule has 8 heteroatoms. The first-order valence-electron chi connectivity index (χ1n) is 10.7. The highest BCUT2D eigenvalue weighted by atomic mass is 16.5. The Morgan fingerprint density at radius 1 is 0.719 bits per heavy atom.